The van der Waals surface area contributed by atoms with E-state index >= 15 is 0 Å². The van der Waals surface area contributed by atoms with E-state index in [9.17, 15) is 32.9 Å². The fourth-order valence-electron chi connectivity index (χ4n) is 1.24. The van der Waals surface area contributed by atoms with Crippen molar-refractivity contribution >= 4 is 28.2 Å². The van der Waals surface area contributed by atoms with Crippen LogP contribution in [0.5, 0.6) is 0 Å². The number of carboxylic acids is 1. The highest BCUT2D eigenvalue weighted by Gasteiger charge is 2.40. The number of hydrogen-bond donors (Lipinski definition) is 2. The lowest BCUT2D eigenvalue weighted by Gasteiger charge is -2.14. The molecule has 0 spiro atoms. The minimum absolute atomic E-state index is 0.150. The van der Waals surface area contributed by atoms with E-state index in [0.29, 0.717) is 11.3 Å². The van der Waals surface area contributed by atoms with Crippen molar-refractivity contribution in [2.75, 3.05) is 0 Å². The van der Waals surface area contributed by atoms with Crippen LogP contribution in [-0.2, 0) is 16.0 Å². The van der Waals surface area contributed by atoms with Gasteiger partial charge in [-0.2, -0.15) is 13.2 Å². The summed E-state index contributed by atoms with van der Waals surface area (Å²) in [5.41, 5.74) is 0.150. The molecular formula is C9H7F3N2O5S. The number of carbonyl (C=O) groups is 2. The van der Waals surface area contributed by atoms with Crippen LogP contribution in [0.15, 0.2) is 11.4 Å². The molecule has 0 aliphatic heterocycles. The molecule has 1 aromatic heterocycles. The molecule has 110 valence electrons. The number of rotatable bonds is 5. The van der Waals surface area contributed by atoms with Gasteiger partial charge in [0.25, 0.3) is 0 Å². The molecule has 0 bridgehead atoms. The zero-order valence-corrected chi connectivity index (χ0v) is 10.3. The van der Waals surface area contributed by atoms with Gasteiger partial charge in [0.05, 0.1) is 4.92 Å². The Balaban J connectivity index is 2.79. The Labute approximate surface area is 113 Å². The highest BCUT2D eigenvalue weighted by Crippen LogP contribution is 2.23. The summed E-state index contributed by atoms with van der Waals surface area (Å²) >= 11 is 0.709. The van der Waals surface area contributed by atoms with Gasteiger partial charge < -0.3 is 10.4 Å². The van der Waals surface area contributed by atoms with Gasteiger partial charge in [0.1, 0.15) is 6.04 Å². The number of halogens is 3. The van der Waals surface area contributed by atoms with E-state index in [1.807, 2.05) is 0 Å². The van der Waals surface area contributed by atoms with Gasteiger partial charge in [-0.1, -0.05) is 11.3 Å². The average molecular weight is 312 g/mol. The maximum Gasteiger partial charge on any atom is 0.471 e. The summed E-state index contributed by atoms with van der Waals surface area (Å²) in [6.07, 6.45) is -5.68. The Morgan fingerprint density at radius 3 is 2.50 bits per heavy atom. The fraction of sp³-hybridized carbons (Fsp3) is 0.333. The summed E-state index contributed by atoms with van der Waals surface area (Å²) < 4.78 is 36.1. The molecule has 1 amide bonds. The Morgan fingerprint density at radius 2 is 2.10 bits per heavy atom. The van der Waals surface area contributed by atoms with Crippen LogP contribution in [0, 0.1) is 10.1 Å². The second-order valence-electron chi connectivity index (χ2n) is 3.62. The van der Waals surface area contributed by atoms with Crippen LogP contribution in [0.4, 0.5) is 18.2 Å². The Kier molecular flexibility index (Phi) is 4.65. The first-order valence-corrected chi connectivity index (χ1v) is 5.81. The number of hydrogen-bond acceptors (Lipinski definition) is 5. The second-order valence-corrected chi connectivity index (χ2v) is 4.51. The van der Waals surface area contributed by atoms with Gasteiger partial charge in [0.2, 0.25) is 0 Å². The summed E-state index contributed by atoms with van der Waals surface area (Å²) in [7, 11) is 0. The number of nitro groups is 1. The molecule has 0 radical (unpaired) electrons. The minimum atomic E-state index is -5.20. The molecule has 7 nitrogen and oxygen atoms in total. The summed E-state index contributed by atoms with van der Waals surface area (Å²) in [5.74, 6) is -4.05. The summed E-state index contributed by atoms with van der Waals surface area (Å²) in [6.45, 7) is 0. The first-order chi connectivity index (χ1) is 9.11. The summed E-state index contributed by atoms with van der Waals surface area (Å²) in [5, 5.41) is 21.5. The molecule has 0 fully saturated rings. The highest BCUT2D eigenvalue weighted by atomic mass is 32.1. The Morgan fingerprint density at radius 1 is 1.50 bits per heavy atom. The molecule has 1 rings (SSSR count). The molecule has 0 aliphatic carbocycles. The van der Waals surface area contributed by atoms with Crippen molar-refractivity contribution in [1.29, 1.82) is 0 Å². The first kappa shape index (κ1) is 15.9. The monoisotopic (exact) mass is 312 g/mol. The molecular weight excluding hydrogens is 305 g/mol. The number of nitrogens with zero attached hydrogens (tertiary/aromatic N) is 1. The Bertz CT molecular complexity index is 542. The summed E-state index contributed by atoms with van der Waals surface area (Å²) in [6, 6.07) is -0.779. The number of carbonyl (C=O) groups excluding carboxylic acids is 1. The van der Waals surface area contributed by atoms with Crippen LogP contribution in [0.3, 0.4) is 0 Å². The molecule has 1 atom stereocenters. The van der Waals surface area contributed by atoms with Gasteiger partial charge >= 0.3 is 23.1 Å². The maximum absolute atomic E-state index is 12.0. The molecule has 20 heavy (non-hydrogen) atoms. The molecule has 0 aliphatic rings. The number of alkyl halides is 3. The largest absolute Gasteiger partial charge is 0.480 e. The maximum atomic E-state index is 12.0. The average Bonchev–Trinajstić information content (AvgIpc) is 2.75. The number of aliphatic carboxylic acids is 1. The number of thiophene rings is 1. The van der Waals surface area contributed by atoms with Gasteiger partial charge in [0.15, 0.2) is 0 Å². The van der Waals surface area contributed by atoms with Crippen molar-refractivity contribution in [3.8, 4) is 0 Å². The number of nitrogens with one attached hydrogen (secondary N) is 1. The van der Waals surface area contributed by atoms with E-state index < -0.39 is 35.4 Å². The third-order valence-electron chi connectivity index (χ3n) is 2.12. The van der Waals surface area contributed by atoms with Crippen LogP contribution < -0.4 is 5.32 Å². The van der Waals surface area contributed by atoms with E-state index in [1.165, 1.54) is 10.7 Å². The van der Waals surface area contributed by atoms with Crippen molar-refractivity contribution in [1.82, 2.24) is 5.32 Å². The lowest BCUT2D eigenvalue weighted by molar-refractivity contribution is -0.380. The molecule has 0 aromatic carbocycles. The normalized spacial score (nSPS) is 12.8. The van der Waals surface area contributed by atoms with Gasteiger partial charge in [-0.3, -0.25) is 14.9 Å². The van der Waals surface area contributed by atoms with E-state index in [2.05, 4.69) is 0 Å². The van der Waals surface area contributed by atoms with Crippen molar-refractivity contribution in [3.63, 3.8) is 0 Å². The molecule has 1 unspecified atom stereocenters. The van der Waals surface area contributed by atoms with Crippen molar-refractivity contribution in [3.05, 3.63) is 27.1 Å². The highest BCUT2D eigenvalue weighted by molar-refractivity contribution is 7.13. The number of carboxylic acid groups (broad SMARTS) is 1. The van der Waals surface area contributed by atoms with Crippen LogP contribution in [0.2, 0.25) is 0 Å². The van der Waals surface area contributed by atoms with Crippen LogP contribution in [0.1, 0.15) is 5.56 Å². The summed E-state index contributed by atoms with van der Waals surface area (Å²) in [4.78, 5) is 31.2. The van der Waals surface area contributed by atoms with Crippen molar-refractivity contribution in [2.24, 2.45) is 0 Å². The molecule has 1 aromatic rings. The number of amides is 1. The van der Waals surface area contributed by atoms with Gasteiger partial charge in [-0.25, -0.2) is 4.79 Å². The molecule has 2 N–H and O–H groups in total. The SMILES string of the molecule is O=C(O)C(Cc1csc([N+](=O)[O-])c1)NC(=O)C(F)(F)F. The minimum Gasteiger partial charge on any atom is -0.480 e. The first-order valence-electron chi connectivity index (χ1n) is 4.93. The van der Waals surface area contributed by atoms with E-state index in [4.69, 9.17) is 5.11 Å². The lowest BCUT2D eigenvalue weighted by Crippen LogP contribution is -2.47. The van der Waals surface area contributed by atoms with Crippen molar-refractivity contribution < 1.29 is 32.8 Å². The Hall–Kier alpha value is -2.17. The third-order valence-corrected chi connectivity index (χ3v) is 3.05. The van der Waals surface area contributed by atoms with Crippen LogP contribution in [0.25, 0.3) is 0 Å². The predicted molar refractivity (Wildman–Crippen MR) is 60.3 cm³/mol. The fourth-order valence-corrected chi connectivity index (χ4v) is 1.98. The van der Waals surface area contributed by atoms with Crippen LogP contribution >= 0.6 is 11.3 Å². The second kappa shape index (κ2) is 5.86. The van der Waals surface area contributed by atoms with Gasteiger partial charge in [-0.05, 0) is 5.56 Å². The van der Waals surface area contributed by atoms with Gasteiger partial charge in [-0.15, -0.1) is 0 Å². The topological polar surface area (TPSA) is 110 Å². The van der Waals surface area contributed by atoms with E-state index in [0.717, 1.165) is 6.07 Å². The van der Waals surface area contributed by atoms with E-state index in [1.54, 1.807) is 0 Å². The third kappa shape index (κ3) is 4.19. The smallest absolute Gasteiger partial charge is 0.471 e. The molecule has 11 heteroatoms. The van der Waals surface area contributed by atoms with E-state index in [-0.39, 0.29) is 10.6 Å². The quantitative estimate of drug-likeness (QED) is 0.629. The zero-order valence-electron chi connectivity index (χ0n) is 9.51. The van der Waals surface area contributed by atoms with Crippen molar-refractivity contribution in [2.45, 2.75) is 18.6 Å². The predicted octanol–water partition coefficient (Wildman–Crippen LogP) is 1.33. The standard InChI is InChI=1S/C9H7F3N2O5S/c10-9(11,12)8(17)13-5(7(15)16)1-4-2-6(14(18)19)20-3-4/h2-3,5H,1H2,(H,13,17)(H,15,16). The molecule has 0 saturated carbocycles. The zero-order chi connectivity index (χ0) is 15.5. The van der Waals surface area contributed by atoms with Crippen LogP contribution in [-0.4, -0.2) is 34.1 Å². The molecule has 1 heterocycles. The molecule has 0 saturated heterocycles. The lowest BCUT2D eigenvalue weighted by atomic mass is 10.1. The van der Waals surface area contributed by atoms with Gasteiger partial charge in [0, 0.05) is 17.9 Å².